The first-order valence-electron chi connectivity index (χ1n) is 8.11. The van der Waals surface area contributed by atoms with Crippen LogP contribution >= 0.6 is 0 Å². The molecule has 4 saturated carbocycles. The van der Waals surface area contributed by atoms with E-state index in [1.807, 2.05) is 0 Å². The van der Waals surface area contributed by atoms with Crippen molar-refractivity contribution < 1.29 is 17.7 Å². The molecule has 4 bridgehead atoms. The molecule has 0 radical (unpaired) electrons. The maximum Gasteiger partial charge on any atom is 0.124 e. The second-order valence-corrected chi connectivity index (χ2v) is 9.01. The Balaban J connectivity index is 1.44. The number of benzene rings is 1. The van der Waals surface area contributed by atoms with Crippen molar-refractivity contribution in [1.82, 2.24) is 0 Å². The minimum Gasteiger partial charge on any atom is -0.744 e. The van der Waals surface area contributed by atoms with Crippen LogP contribution in [0.4, 0.5) is 0 Å². The van der Waals surface area contributed by atoms with E-state index in [-0.39, 0.29) is 4.90 Å². The highest BCUT2D eigenvalue weighted by atomic mass is 32.2. The summed E-state index contributed by atoms with van der Waals surface area (Å²) < 4.78 is 38.8. The molecule has 22 heavy (non-hydrogen) atoms. The predicted molar refractivity (Wildman–Crippen MR) is 80.5 cm³/mol. The van der Waals surface area contributed by atoms with E-state index in [2.05, 4.69) is 0 Å². The van der Waals surface area contributed by atoms with Crippen LogP contribution in [0.25, 0.3) is 0 Å². The highest BCUT2D eigenvalue weighted by Crippen LogP contribution is 2.60. The second-order valence-electron chi connectivity index (χ2n) is 7.63. The first-order valence-corrected chi connectivity index (χ1v) is 9.51. The summed E-state index contributed by atoms with van der Waals surface area (Å²) in [6.07, 6.45) is 8.09. The van der Waals surface area contributed by atoms with E-state index in [9.17, 15) is 13.0 Å². The molecule has 0 amide bonds. The molecule has 0 atom stereocenters. The van der Waals surface area contributed by atoms with Crippen LogP contribution < -0.4 is 4.74 Å². The molecule has 0 unspecified atom stereocenters. The van der Waals surface area contributed by atoms with Crippen LogP contribution in [-0.4, -0.2) is 19.6 Å². The first-order chi connectivity index (χ1) is 10.4. The van der Waals surface area contributed by atoms with Gasteiger partial charge in [-0.3, -0.25) is 0 Å². The van der Waals surface area contributed by atoms with Gasteiger partial charge in [0.05, 0.1) is 11.5 Å². The Morgan fingerprint density at radius 2 is 1.50 bits per heavy atom. The van der Waals surface area contributed by atoms with Crippen molar-refractivity contribution in [3.8, 4) is 5.75 Å². The van der Waals surface area contributed by atoms with Crippen LogP contribution in [0.2, 0.25) is 0 Å². The monoisotopic (exact) mass is 321 g/mol. The van der Waals surface area contributed by atoms with E-state index < -0.39 is 10.1 Å². The van der Waals surface area contributed by atoms with Crippen LogP contribution in [0.5, 0.6) is 5.75 Å². The van der Waals surface area contributed by atoms with Gasteiger partial charge in [0.25, 0.3) is 0 Å². The molecule has 5 heteroatoms. The molecular weight excluding hydrogens is 300 g/mol. The molecule has 0 aromatic heterocycles. The number of hydrogen-bond donors (Lipinski definition) is 0. The average molecular weight is 321 g/mol. The molecule has 0 saturated heterocycles. The van der Waals surface area contributed by atoms with E-state index in [0.29, 0.717) is 11.2 Å². The Morgan fingerprint density at radius 1 is 1.00 bits per heavy atom. The summed E-state index contributed by atoms with van der Waals surface area (Å²) in [5, 5.41) is 0. The van der Waals surface area contributed by atoms with E-state index in [1.54, 1.807) is 12.1 Å². The molecule has 0 aliphatic heterocycles. The molecule has 4 fully saturated rings. The van der Waals surface area contributed by atoms with Crippen molar-refractivity contribution >= 4 is 10.1 Å². The molecule has 5 rings (SSSR count). The van der Waals surface area contributed by atoms with Crippen LogP contribution in [0.3, 0.4) is 0 Å². The lowest BCUT2D eigenvalue weighted by atomic mass is 9.50. The van der Waals surface area contributed by atoms with Gasteiger partial charge in [-0.15, -0.1) is 0 Å². The van der Waals surface area contributed by atoms with Gasteiger partial charge in [0, 0.05) is 5.41 Å². The fourth-order valence-electron chi connectivity index (χ4n) is 5.41. The molecule has 4 aliphatic rings. The van der Waals surface area contributed by atoms with Gasteiger partial charge in [-0.25, -0.2) is 8.42 Å². The largest absolute Gasteiger partial charge is 0.744 e. The lowest BCUT2D eigenvalue weighted by Gasteiger charge is -2.56. The Bertz CT molecular complexity index is 627. The molecule has 1 aromatic rings. The third-order valence-corrected chi connectivity index (χ3v) is 6.67. The lowest BCUT2D eigenvalue weighted by Crippen LogP contribution is -2.48. The quantitative estimate of drug-likeness (QED) is 0.799. The maximum absolute atomic E-state index is 10.9. The van der Waals surface area contributed by atoms with Crippen LogP contribution in [0.1, 0.15) is 38.5 Å². The molecule has 120 valence electrons. The fraction of sp³-hybridized carbons (Fsp3) is 0.647. The van der Waals surface area contributed by atoms with Crippen molar-refractivity contribution in [1.29, 1.82) is 0 Å². The van der Waals surface area contributed by atoms with Gasteiger partial charge in [0.1, 0.15) is 15.9 Å². The van der Waals surface area contributed by atoms with Gasteiger partial charge in [-0.05, 0) is 80.5 Å². The van der Waals surface area contributed by atoms with Crippen molar-refractivity contribution in [3.63, 3.8) is 0 Å². The minimum atomic E-state index is -4.38. The summed E-state index contributed by atoms with van der Waals surface area (Å²) in [6, 6.07) is 5.84. The van der Waals surface area contributed by atoms with Crippen molar-refractivity contribution in [2.24, 2.45) is 23.2 Å². The highest BCUT2D eigenvalue weighted by molar-refractivity contribution is 7.85. The molecule has 4 nitrogen and oxygen atoms in total. The third kappa shape index (κ3) is 2.65. The minimum absolute atomic E-state index is 0.199. The molecule has 0 spiro atoms. The number of rotatable bonds is 4. The average Bonchev–Trinajstić information content (AvgIpc) is 2.43. The first kappa shape index (κ1) is 14.5. The second kappa shape index (κ2) is 4.96. The lowest BCUT2D eigenvalue weighted by molar-refractivity contribution is -0.0745. The van der Waals surface area contributed by atoms with Crippen LogP contribution in [0.15, 0.2) is 29.2 Å². The van der Waals surface area contributed by atoms with Gasteiger partial charge < -0.3 is 9.29 Å². The standard InChI is InChI=1S/C17H22O4S/c18-22(19,20)16-3-1-15(2-4-16)21-11-17-8-12-5-13(9-17)7-14(6-12)10-17/h1-4,12-14H,5-11H2,(H,18,19,20)/p-1. The van der Waals surface area contributed by atoms with E-state index in [4.69, 9.17) is 4.74 Å². The molecular formula is C17H21O4S-. The van der Waals surface area contributed by atoms with Crippen molar-refractivity contribution in [2.75, 3.05) is 6.61 Å². The van der Waals surface area contributed by atoms with Gasteiger partial charge in [-0.1, -0.05) is 0 Å². The van der Waals surface area contributed by atoms with E-state index >= 15 is 0 Å². The summed E-state index contributed by atoms with van der Waals surface area (Å²) in [5.41, 5.74) is 0.331. The van der Waals surface area contributed by atoms with E-state index in [0.717, 1.165) is 24.4 Å². The molecule has 0 N–H and O–H groups in total. The summed E-state index contributed by atoms with van der Waals surface area (Å²) in [7, 11) is -4.38. The van der Waals surface area contributed by atoms with Crippen molar-refractivity contribution in [3.05, 3.63) is 24.3 Å². The maximum atomic E-state index is 10.9. The molecule has 4 aliphatic carbocycles. The Hall–Kier alpha value is -1.07. The fourth-order valence-corrected chi connectivity index (χ4v) is 5.88. The Labute approximate surface area is 131 Å². The highest BCUT2D eigenvalue weighted by Gasteiger charge is 2.51. The summed E-state index contributed by atoms with van der Waals surface area (Å²) in [6.45, 7) is 0.722. The van der Waals surface area contributed by atoms with Gasteiger partial charge in [-0.2, -0.15) is 0 Å². The van der Waals surface area contributed by atoms with Crippen LogP contribution in [0, 0.1) is 23.2 Å². The molecule has 0 heterocycles. The Morgan fingerprint density at radius 3 is 1.95 bits per heavy atom. The summed E-state index contributed by atoms with van der Waals surface area (Å²) in [4.78, 5) is -0.199. The predicted octanol–water partition coefficient (Wildman–Crippen LogP) is 3.19. The smallest absolute Gasteiger partial charge is 0.124 e. The van der Waals surface area contributed by atoms with Gasteiger partial charge in [0.15, 0.2) is 0 Å². The number of hydrogen-bond acceptors (Lipinski definition) is 4. The van der Waals surface area contributed by atoms with Crippen molar-refractivity contribution in [2.45, 2.75) is 43.4 Å². The third-order valence-electron chi connectivity index (χ3n) is 5.82. The topological polar surface area (TPSA) is 66.4 Å². The molecule has 1 aromatic carbocycles. The Kier molecular flexibility index (Phi) is 3.28. The normalized spacial score (nSPS) is 36.5. The SMILES string of the molecule is O=S(=O)([O-])c1ccc(OCC23CC4CC(CC(C4)C2)C3)cc1. The zero-order valence-electron chi connectivity index (χ0n) is 12.5. The number of ether oxygens (including phenoxy) is 1. The van der Waals surface area contributed by atoms with Crippen LogP contribution in [-0.2, 0) is 10.1 Å². The van der Waals surface area contributed by atoms with E-state index in [1.165, 1.54) is 50.7 Å². The zero-order chi connectivity index (χ0) is 15.4. The summed E-state index contributed by atoms with van der Waals surface area (Å²) >= 11 is 0. The zero-order valence-corrected chi connectivity index (χ0v) is 13.3. The summed E-state index contributed by atoms with van der Waals surface area (Å²) in [5.74, 6) is 3.33. The van der Waals surface area contributed by atoms with Gasteiger partial charge in [0.2, 0.25) is 0 Å². The van der Waals surface area contributed by atoms with Gasteiger partial charge >= 0.3 is 0 Å².